The molecule has 1 amide bonds. The largest absolute Gasteiger partial charge is 0.416 e. The molecule has 1 unspecified atom stereocenters. The second-order valence-electron chi connectivity index (χ2n) is 4.00. The number of hydrogen-bond donors (Lipinski definition) is 1. The number of halogens is 4. The zero-order valence-electron chi connectivity index (χ0n) is 10.1. The van der Waals surface area contributed by atoms with Gasteiger partial charge in [-0.2, -0.15) is 13.2 Å². The summed E-state index contributed by atoms with van der Waals surface area (Å²) >= 11 is 3.01. The number of carbonyl (C=O) groups excluding carboxylic acids is 2. The molecule has 1 aromatic carbocycles. The Morgan fingerprint density at radius 1 is 1.32 bits per heavy atom. The molecule has 0 radical (unpaired) electrons. The Morgan fingerprint density at radius 2 is 1.89 bits per heavy atom. The van der Waals surface area contributed by atoms with Crippen molar-refractivity contribution in [2.45, 2.75) is 26.1 Å². The third-order valence-corrected chi connectivity index (χ3v) is 3.19. The van der Waals surface area contributed by atoms with Crippen LogP contribution in [0.25, 0.3) is 0 Å². The van der Waals surface area contributed by atoms with Crippen LogP contribution in [-0.4, -0.2) is 17.7 Å². The molecule has 0 saturated carbocycles. The van der Waals surface area contributed by atoms with Crippen LogP contribution in [0.4, 0.5) is 13.2 Å². The minimum absolute atomic E-state index is 0.164. The van der Waals surface area contributed by atoms with Gasteiger partial charge in [0.15, 0.2) is 5.78 Å². The summed E-state index contributed by atoms with van der Waals surface area (Å²) in [5.74, 6) is -1.02. The molecule has 0 spiro atoms. The smallest absolute Gasteiger partial charge is 0.342 e. The third-order valence-electron chi connectivity index (χ3n) is 2.50. The fourth-order valence-corrected chi connectivity index (χ4v) is 1.68. The number of hydrogen-bond acceptors (Lipinski definition) is 2. The zero-order chi connectivity index (χ0) is 14.8. The van der Waals surface area contributed by atoms with Crippen molar-refractivity contribution in [1.82, 2.24) is 5.32 Å². The fraction of sp³-hybridized carbons (Fsp3) is 0.333. The van der Waals surface area contributed by atoms with Crippen molar-refractivity contribution < 1.29 is 22.8 Å². The Hall–Kier alpha value is -1.37. The lowest BCUT2D eigenvalue weighted by molar-refractivity contribution is -0.137. The quantitative estimate of drug-likeness (QED) is 0.920. The molecule has 104 valence electrons. The fourth-order valence-electron chi connectivity index (χ4n) is 1.25. The maximum atomic E-state index is 12.6. The number of benzene rings is 1. The first-order chi connectivity index (χ1) is 8.62. The van der Waals surface area contributed by atoms with Crippen molar-refractivity contribution in [2.75, 3.05) is 0 Å². The summed E-state index contributed by atoms with van der Waals surface area (Å²) in [5, 5.41) is 2.33. The zero-order valence-corrected chi connectivity index (χ0v) is 11.7. The SMILES string of the molecule is CC(=O)C(C)NC(=O)c1cc(C(F)(F)F)ccc1Br. The van der Waals surface area contributed by atoms with Crippen LogP contribution in [0.5, 0.6) is 0 Å². The average Bonchev–Trinajstić information content (AvgIpc) is 2.27. The van der Waals surface area contributed by atoms with Crippen LogP contribution in [0, 0.1) is 0 Å². The van der Waals surface area contributed by atoms with E-state index in [1.807, 2.05) is 0 Å². The number of nitrogens with one attached hydrogen (secondary N) is 1. The molecule has 0 aliphatic heterocycles. The standard InChI is InChI=1S/C12H11BrF3NO2/c1-6(7(2)18)17-11(19)9-5-8(12(14,15)16)3-4-10(9)13/h3-6H,1-2H3,(H,17,19). The summed E-state index contributed by atoms with van der Waals surface area (Å²) in [6.45, 7) is 2.74. The Labute approximate surface area is 116 Å². The third kappa shape index (κ3) is 4.05. The Kier molecular flexibility index (Phi) is 4.73. The first kappa shape index (κ1) is 15.7. The lowest BCUT2D eigenvalue weighted by atomic mass is 10.1. The first-order valence-electron chi connectivity index (χ1n) is 5.31. The second-order valence-corrected chi connectivity index (χ2v) is 4.85. The molecule has 0 aliphatic carbocycles. The molecule has 0 aromatic heterocycles. The highest BCUT2D eigenvalue weighted by molar-refractivity contribution is 9.10. The molecular weight excluding hydrogens is 327 g/mol. The van der Waals surface area contributed by atoms with Crippen molar-refractivity contribution in [3.63, 3.8) is 0 Å². The molecule has 0 bridgehead atoms. The maximum absolute atomic E-state index is 12.6. The highest BCUT2D eigenvalue weighted by Gasteiger charge is 2.31. The lowest BCUT2D eigenvalue weighted by Gasteiger charge is -2.13. The molecule has 1 aromatic rings. The van der Waals surface area contributed by atoms with E-state index in [0.717, 1.165) is 18.2 Å². The van der Waals surface area contributed by atoms with Gasteiger partial charge < -0.3 is 5.32 Å². The second kappa shape index (κ2) is 5.73. The van der Waals surface area contributed by atoms with Crippen molar-refractivity contribution in [3.8, 4) is 0 Å². The van der Waals surface area contributed by atoms with Gasteiger partial charge in [0, 0.05) is 4.47 Å². The van der Waals surface area contributed by atoms with E-state index in [-0.39, 0.29) is 15.8 Å². The van der Waals surface area contributed by atoms with E-state index in [4.69, 9.17) is 0 Å². The Balaban J connectivity index is 3.06. The average molecular weight is 338 g/mol. The van der Waals surface area contributed by atoms with Gasteiger partial charge in [0.05, 0.1) is 17.2 Å². The van der Waals surface area contributed by atoms with Gasteiger partial charge >= 0.3 is 6.18 Å². The summed E-state index contributed by atoms with van der Waals surface area (Å²) in [4.78, 5) is 22.8. The van der Waals surface area contributed by atoms with Crippen LogP contribution in [0.15, 0.2) is 22.7 Å². The van der Waals surface area contributed by atoms with E-state index in [0.29, 0.717) is 0 Å². The van der Waals surface area contributed by atoms with Crippen LogP contribution >= 0.6 is 15.9 Å². The number of alkyl halides is 3. The number of amides is 1. The molecule has 0 fully saturated rings. The van der Waals surface area contributed by atoms with Crippen LogP contribution in [-0.2, 0) is 11.0 Å². The van der Waals surface area contributed by atoms with E-state index in [1.54, 1.807) is 0 Å². The normalized spacial score (nSPS) is 12.9. The molecule has 7 heteroatoms. The van der Waals surface area contributed by atoms with E-state index < -0.39 is 23.7 Å². The van der Waals surface area contributed by atoms with Gasteiger partial charge in [-0.15, -0.1) is 0 Å². The van der Waals surface area contributed by atoms with Gasteiger partial charge in [-0.25, -0.2) is 0 Å². The van der Waals surface area contributed by atoms with Crippen molar-refractivity contribution in [1.29, 1.82) is 0 Å². The highest BCUT2D eigenvalue weighted by Crippen LogP contribution is 2.31. The van der Waals surface area contributed by atoms with Crippen LogP contribution in [0.2, 0.25) is 0 Å². The highest BCUT2D eigenvalue weighted by atomic mass is 79.9. The molecule has 3 nitrogen and oxygen atoms in total. The molecule has 0 saturated heterocycles. The van der Waals surface area contributed by atoms with Crippen molar-refractivity contribution in [3.05, 3.63) is 33.8 Å². The van der Waals surface area contributed by atoms with Gasteiger partial charge in [0.25, 0.3) is 5.91 Å². The number of ketones is 1. The van der Waals surface area contributed by atoms with Gasteiger partial charge in [0.2, 0.25) is 0 Å². The monoisotopic (exact) mass is 337 g/mol. The van der Waals surface area contributed by atoms with Gasteiger partial charge in [-0.05, 0) is 48.0 Å². The predicted molar refractivity (Wildman–Crippen MR) is 66.8 cm³/mol. The summed E-state index contributed by atoms with van der Waals surface area (Å²) in [6, 6.07) is 2.01. The van der Waals surface area contributed by atoms with Crippen LogP contribution in [0.3, 0.4) is 0 Å². The molecular formula is C12H11BrF3NO2. The molecule has 19 heavy (non-hydrogen) atoms. The van der Waals surface area contributed by atoms with Gasteiger partial charge in [0.1, 0.15) is 0 Å². The molecule has 1 atom stereocenters. The van der Waals surface area contributed by atoms with Gasteiger partial charge in [-0.3, -0.25) is 9.59 Å². The Bertz CT molecular complexity index is 514. The molecule has 0 heterocycles. The number of carbonyl (C=O) groups is 2. The Morgan fingerprint density at radius 3 is 2.37 bits per heavy atom. The van der Waals surface area contributed by atoms with E-state index >= 15 is 0 Å². The number of rotatable bonds is 3. The summed E-state index contributed by atoms with van der Waals surface area (Å²) in [7, 11) is 0. The minimum atomic E-state index is -4.53. The molecule has 1 N–H and O–H groups in total. The van der Waals surface area contributed by atoms with Crippen molar-refractivity contribution in [2.24, 2.45) is 0 Å². The van der Waals surface area contributed by atoms with E-state index in [9.17, 15) is 22.8 Å². The topological polar surface area (TPSA) is 46.2 Å². The summed E-state index contributed by atoms with van der Waals surface area (Å²) < 4.78 is 37.9. The maximum Gasteiger partial charge on any atom is 0.416 e. The number of Topliss-reactive ketones (excluding diaryl/α,β-unsaturated/α-hetero) is 1. The van der Waals surface area contributed by atoms with Crippen LogP contribution < -0.4 is 5.32 Å². The predicted octanol–water partition coefficient (Wildman–Crippen LogP) is 3.18. The first-order valence-corrected chi connectivity index (χ1v) is 6.10. The minimum Gasteiger partial charge on any atom is -0.342 e. The van der Waals surface area contributed by atoms with Gasteiger partial charge in [-0.1, -0.05) is 0 Å². The van der Waals surface area contributed by atoms with Crippen molar-refractivity contribution >= 4 is 27.6 Å². The lowest BCUT2D eigenvalue weighted by Crippen LogP contribution is -2.37. The van der Waals surface area contributed by atoms with E-state index in [1.165, 1.54) is 13.8 Å². The molecule has 0 aliphatic rings. The van der Waals surface area contributed by atoms with Crippen LogP contribution in [0.1, 0.15) is 29.8 Å². The summed E-state index contributed by atoms with van der Waals surface area (Å²) in [6.07, 6.45) is -4.53. The molecule has 1 rings (SSSR count). The van der Waals surface area contributed by atoms with E-state index in [2.05, 4.69) is 21.2 Å². The summed E-state index contributed by atoms with van der Waals surface area (Å²) in [5.41, 5.74) is -1.08.